The fourth-order valence-corrected chi connectivity index (χ4v) is 3.51. The molecule has 1 amide bonds. The van der Waals surface area contributed by atoms with Crippen LogP contribution in [0.2, 0.25) is 0 Å². The molecule has 0 aliphatic heterocycles. The van der Waals surface area contributed by atoms with Crippen molar-refractivity contribution in [3.63, 3.8) is 0 Å². The fraction of sp³-hybridized carbons (Fsp3) is 0.286. The molecule has 0 heterocycles. The molecule has 2 rings (SSSR count). The van der Waals surface area contributed by atoms with Gasteiger partial charge in [0.05, 0.1) is 23.8 Å². The Morgan fingerprint density at radius 2 is 1.83 bits per heavy atom. The Morgan fingerprint density at radius 1 is 1.14 bits per heavy atom. The van der Waals surface area contributed by atoms with Gasteiger partial charge < -0.3 is 9.64 Å². The zero-order chi connectivity index (χ0) is 21.4. The zero-order valence-electron chi connectivity index (χ0n) is 16.2. The molecule has 0 aromatic heterocycles. The van der Waals surface area contributed by atoms with Crippen molar-refractivity contribution < 1.29 is 22.7 Å². The lowest BCUT2D eigenvalue weighted by Crippen LogP contribution is -2.40. The molecule has 1 unspecified atom stereocenters. The third-order valence-corrected chi connectivity index (χ3v) is 4.86. The van der Waals surface area contributed by atoms with E-state index in [9.17, 15) is 18.0 Å². The average molecular weight is 414 g/mol. The number of carbonyl (C=O) groups is 2. The van der Waals surface area contributed by atoms with E-state index < -0.39 is 27.8 Å². The van der Waals surface area contributed by atoms with Crippen LogP contribution in [0.5, 0.6) is 0 Å². The summed E-state index contributed by atoms with van der Waals surface area (Å²) in [6.07, 6.45) is 0.160. The van der Waals surface area contributed by atoms with Crippen LogP contribution in [0.1, 0.15) is 29.3 Å². The third-order valence-electron chi connectivity index (χ3n) is 4.00. The normalized spacial score (nSPS) is 11.9. The van der Waals surface area contributed by atoms with Gasteiger partial charge in [0.1, 0.15) is 0 Å². The summed E-state index contributed by atoms with van der Waals surface area (Å²) in [5, 5.41) is 8.87. The largest absolute Gasteiger partial charge is 0.449 e. The van der Waals surface area contributed by atoms with E-state index in [1.807, 2.05) is 12.1 Å². The molecule has 0 spiro atoms. The summed E-state index contributed by atoms with van der Waals surface area (Å²) in [6.45, 7) is 1.63. The van der Waals surface area contributed by atoms with Crippen LogP contribution in [-0.2, 0) is 25.1 Å². The Balaban J connectivity index is 2.14. The van der Waals surface area contributed by atoms with Gasteiger partial charge in [-0.1, -0.05) is 30.3 Å². The number of ether oxygens (including phenoxy) is 1. The van der Waals surface area contributed by atoms with Crippen LogP contribution in [-0.4, -0.2) is 39.2 Å². The molecular formula is C21H22N2O5S. The second kappa shape index (κ2) is 9.85. The maximum absolute atomic E-state index is 12.8. The summed E-state index contributed by atoms with van der Waals surface area (Å²) >= 11 is 0. The van der Waals surface area contributed by atoms with Gasteiger partial charge in [-0.15, -0.1) is 0 Å². The number of esters is 1. The van der Waals surface area contributed by atoms with E-state index in [-0.39, 0.29) is 24.3 Å². The van der Waals surface area contributed by atoms with Crippen molar-refractivity contribution in [1.82, 2.24) is 0 Å². The molecule has 2 aromatic carbocycles. The van der Waals surface area contributed by atoms with Crippen LogP contribution in [0.15, 0.2) is 54.6 Å². The van der Waals surface area contributed by atoms with Crippen molar-refractivity contribution in [1.29, 1.82) is 5.26 Å². The van der Waals surface area contributed by atoms with Gasteiger partial charge in [0, 0.05) is 18.5 Å². The summed E-state index contributed by atoms with van der Waals surface area (Å²) in [5.74, 6) is -1.37. The second-order valence-electron chi connectivity index (χ2n) is 6.55. The van der Waals surface area contributed by atoms with E-state index in [0.717, 1.165) is 6.26 Å². The number of sulfone groups is 1. The number of rotatable bonds is 8. The first-order valence-electron chi connectivity index (χ1n) is 8.92. The third kappa shape index (κ3) is 6.73. The van der Waals surface area contributed by atoms with Crippen molar-refractivity contribution in [2.75, 3.05) is 17.7 Å². The summed E-state index contributed by atoms with van der Waals surface area (Å²) in [5.41, 5.74) is 1.22. The molecule has 0 radical (unpaired) electrons. The number of benzene rings is 2. The van der Waals surface area contributed by atoms with Gasteiger partial charge >= 0.3 is 5.97 Å². The van der Waals surface area contributed by atoms with Crippen molar-refractivity contribution >= 4 is 27.4 Å². The molecule has 0 bridgehead atoms. The molecule has 7 nitrogen and oxygen atoms in total. The first-order chi connectivity index (χ1) is 13.7. The minimum absolute atomic E-state index is 0.134. The molecule has 29 heavy (non-hydrogen) atoms. The second-order valence-corrected chi connectivity index (χ2v) is 8.69. The van der Waals surface area contributed by atoms with Crippen molar-refractivity contribution in [2.45, 2.75) is 25.2 Å². The van der Waals surface area contributed by atoms with Gasteiger partial charge in [-0.05, 0) is 36.8 Å². The van der Waals surface area contributed by atoms with E-state index in [1.165, 1.54) is 24.0 Å². The molecular weight excluding hydrogens is 392 g/mol. The zero-order valence-corrected chi connectivity index (χ0v) is 17.1. The highest BCUT2D eigenvalue weighted by atomic mass is 32.2. The van der Waals surface area contributed by atoms with Gasteiger partial charge in [0.2, 0.25) is 0 Å². The Kier molecular flexibility index (Phi) is 7.51. The quantitative estimate of drug-likeness (QED) is 0.615. The van der Waals surface area contributed by atoms with Gasteiger partial charge in [-0.2, -0.15) is 5.26 Å². The Labute approximate surface area is 170 Å². The molecule has 0 N–H and O–H groups in total. The summed E-state index contributed by atoms with van der Waals surface area (Å²) < 4.78 is 28.2. The molecule has 0 aliphatic rings. The van der Waals surface area contributed by atoms with Crippen LogP contribution < -0.4 is 4.90 Å². The molecule has 0 saturated heterocycles. The lowest BCUT2D eigenvalue weighted by Gasteiger charge is -2.25. The van der Waals surface area contributed by atoms with Crippen LogP contribution in [0, 0.1) is 11.3 Å². The standard InChI is InChI=1S/C21H22N2O5S/c1-16(20(24)23(13-7-12-22)19-10-4-3-5-11-19)28-21(25)18-9-6-8-17(14-18)15-29(2,26)27/h3-6,8-11,14,16H,7,13,15H2,1-2H3. The van der Waals surface area contributed by atoms with E-state index in [2.05, 4.69) is 0 Å². The lowest BCUT2D eigenvalue weighted by molar-refractivity contribution is -0.126. The SMILES string of the molecule is CC(OC(=O)c1cccc(CS(C)(=O)=O)c1)C(=O)N(CCC#N)c1ccccc1. The maximum Gasteiger partial charge on any atom is 0.338 e. The molecule has 0 fully saturated rings. The minimum Gasteiger partial charge on any atom is -0.449 e. The smallest absolute Gasteiger partial charge is 0.338 e. The maximum atomic E-state index is 12.8. The Morgan fingerprint density at radius 3 is 2.45 bits per heavy atom. The van der Waals surface area contributed by atoms with E-state index in [0.29, 0.717) is 11.3 Å². The summed E-state index contributed by atoms with van der Waals surface area (Å²) in [7, 11) is -3.25. The molecule has 152 valence electrons. The molecule has 2 aromatic rings. The summed E-state index contributed by atoms with van der Waals surface area (Å²) in [4.78, 5) is 26.7. The molecule has 0 aliphatic carbocycles. The molecule has 1 atom stereocenters. The first kappa shape index (κ1) is 22.1. The lowest BCUT2D eigenvalue weighted by atomic mass is 10.1. The van der Waals surface area contributed by atoms with Gasteiger partial charge in [-0.25, -0.2) is 13.2 Å². The van der Waals surface area contributed by atoms with Crippen molar-refractivity contribution in [2.24, 2.45) is 0 Å². The number of hydrogen-bond acceptors (Lipinski definition) is 6. The monoisotopic (exact) mass is 414 g/mol. The highest BCUT2D eigenvalue weighted by Gasteiger charge is 2.25. The topological polar surface area (TPSA) is 105 Å². The average Bonchev–Trinajstić information content (AvgIpc) is 2.67. The van der Waals surface area contributed by atoms with Gasteiger partial charge in [-0.3, -0.25) is 4.79 Å². The number of hydrogen-bond donors (Lipinski definition) is 0. The predicted molar refractivity (Wildman–Crippen MR) is 109 cm³/mol. The van der Waals surface area contributed by atoms with Crippen LogP contribution in [0.4, 0.5) is 5.69 Å². The van der Waals surface area contributed by atoms with Gasteiger partial charge in [0.15, 0.2) is 15.9 Å². The molecule has 0 saturated carbocycles. The predicted octanol–water partition coefficient (Wildman–Crippen LogP) is 2.72. The van der Waals surface area contributed by atoms with Crippen molar-refractivity contribution in [3.8, 4) is 6.07 Å². The summed E-state index contributed by atoms with van der Waals surface area (Å²) in [6, 6.07) is 16.9. The van der Waals surface area contributed by atoms with Crippen LogP contribution in [0.25, 0.3) is 0 Å². The number of nitriles is 1. The number of carbonyl (C=O) groups excluding carboxylic acids is 2. The molecule has 8 heteroatoms. The highest BCUT2D eigenvalue weighted by molar-refractivity contribution is 7.89. The number of amides is 1. The van der Waals surface area contributed by atoms with Gasteiger partial charge in [0.25, 0.3) is 5.91 Å². The Bertz CT molecular complexity index is 1010. The fourth-order valence-electron chi connectivity index (χ4n) is 2.73. The van der Waals surface area contributed by atoms with E-state index >= 15 is 0 Å². The minimum atomic E-state index is -3.25. The number of nitrogens with zero attached hydrogens (tertiary/aromatic N) is 2. The van der Waals surface area contributed by atoms with Crippen LogP contribution >= 0.6 is 0 Å². The van der Waals surface area contributed by atoms with Crippen molar-refractivity contribution in [3.05, 3.63) is 65.7 Å². The highest BCUT2D eigenvalue weighted by Crippen LogP contribution is 2.17. The van der Waals surface area contributed by atoms with E-state index in [4.69, 9.17) is 10.00 Å². The first-order valence-corrected chi connectivity index (χ1v) is 11.0. The number of para-hydroxylation sites is 1. The Hall–Kier alpha value is -3.18. The van der Waals surface area contributed by atoms with Crippen LogP contribution in [0.3, 0.4) is 0 Å². The van der Waals surface area contributed by atoms with E-state index in [1.54, 1.807) is 36.4 Å². The number of anilines is 1.